The number of carbonyl (C=O) groups excluding carboxylic acids is 1. The molecular formula is C26H26F3N3O. The summed E-state index contributed by atoms with van der Waals surface area (Å²) in [4.78, 5) is 17.0. The number of piperazine rings is 1. The Balaban J connectivity index is 1.45. The van der Waals surface area contributed by atoms with Crippen molar-refractivity contribution in [2.75, 3.05) is 31.5 Å². The molecule has 172 valence electrons. The molecule has 1 atom stereocenters. The number of nitrogens with zero attached hydrogens (tertiary/aromatic N) is 2. The second-order valence-corrected chi connectivity index (χ2v) is 8.25. The van der Waals surface area contributed by atoms with Gasteiger partial charge in [0.15, 0.2) is 0 Å². The third-order valence-electron chi connectivity index (χ3n) is 6.10. The first-order valence-corrected chi connectivity index (χ1v) is 11.0. The molecule has 0 aliphatic carbocycles. The van der Waals surface area contributed by atoms with Gasteiger partial charge in [0.1, 0.15) is 17.5 Å². The molecule has 0 aromatic heterocycles. The van der Waals surface area contributed by atoms with Crippen LogP contribution in [-0.2, 0) is 4.79 Å². The van der Waals surface area contributed by atoms with Crippen molar-refractivity contribution in [3.05, 3.63) is 101 Å². The SMILES string of the molecule is CC(C(=O)Nc1cccc(F)c1)N1CCN(C(c2ccc(F)cc2)c2ccc(F)cc2)CC1. The number of halogens is 3. The zero-order valence-electron chi connectivity index (χ0n) is 18.3. The summed E-state index contributed by atoms with van der Waals surface area (Å²) in [5.41, 5.74) is 2.28. The van der Waals surface area contributed by atoms with Crippen LogP contribution in [0.15, 0.2) is 72.8 Å². The van der Waals surface area contributed by atoms with Gasteiger partial charge in [-0.1, -0.05) is 30.3 Å². The van der Waals surface area contributed by atoms with Crippen LogP contribution in [0.4, 0.5) is 18.9 Å². The number of benzene rings is 3. The number of amides is 1. The summed E-state index contributed by atoms with van der Waals surface area (Å²) in [5.74, 6) is -1.21. The molecule has 3 aromatic rings. The van der Waals surface area contributed by atoms with Gasteiger partial charge >= 0.3 is 0 Å². The second-order valence-electron chi connectivity index (χ2n) is 8.25. The van der Waals surface area contributed by atoms with Crippen LogP contribution in [0.25, 0.3) is 0 Å². The maximum absolute atomic E-state index is 13.5. The molecule has 1 unspecified atom stereocenters. The number of nitrogens with one attached hydrogen (secondary N) is 1. The van der Waals surface area contributed by atoms with Gasteiger partial charge in [-0.15, -0.1) is 0 Å². The van der Waals surface area contributed by atoms with Crippen LogP contribution >= 0.6 is 0 Å². The van der Waals surface area contributed by atoms with Gasteiger partial charge in [0.25, 0.3) is 0 Å². The predicted octanol–water partition coefficient (Wildman–Crippen LogP) is 4.84. The van der Waals surface area contributed by atoms with E-state index in [2.05, 4.69) is 15.1 Å². The van der Waals surface area contributed by atoms with Crippen molar-refractivity contribution in [1.29, 1.82) is 0 Å². The van der Waals surface area contributed by atoms with E-state index >= 15 is 0 Å². The molecule has 1 saturated heterocycles. The smallest absolute Gasteiger partial charge is 0.241 e. The second kappa shape index (κ2) is 10.2. The Hall–Kier alpha value is -3.16. The molecule has 33 heavy (non-hydrogen) atoms. The van der Waals surface area contributed by atoms with E-state index in [4.69, 9.17) is 0 Å². The van der Waals surface area contributed by atoms with Gasteiger partial charge in [0.2, 0.25) is 5.91 Å². The minimum Gasteiger partial charge on any atom is -0.325 e. The first kappa shape index (κ1) is 23.0. The largest absolute Gasteiger partial charge is 0.325 e. The van der Waals surface area contributed by atoms with Gasteiger partial charge < -0.3 is 5.32 Å². The molecule has 1 aliphatic rings. The average molecular weight is 454 g/mol. The molecular weight excluding hydrogens is 427 g/mol. The van der Waals surface area contributed by atoms with Crippen LogP contribution in [-0.4, -0.2) is 47.9 Å². The molecule has 1 N–H and O–H groups in total. The van der Waals surface area contributed by atoms with Crippen molar-refractivity contribution >= 4 is 11.6 Å². The van der Waals surface area contributed by atoms with Gasteiger partial charge in [-0.25, -0.2) is 13.2 Å². The molecule has 0 radical (unpaired) electrons. The summed E-state index contributed by atoms with van der Waals surface area (Å²) < 4.78 is 40.4. The predicted molar refractivity (Wildman–Crippen MR) is 122 cm³/mol. The van der Waals surface area contributed by atoms with Crippen molar-refractivity contribution < 1.29 is 18.0 Å². The minimum absolute atomic E-state index is 0.148. The van der Waals surface area contributed by atoms with Crippen molar-refractivity contribution in [3.63, 3.8) is 0 Å². The zero-order valence-corrected chi connectivity index (χ0v) is 18.3. The molecule has 0 bridgehead atoms. The summed E-state index contributed by atoms with van der Waals surface area (Å²) in [7, 11) is 0. The Bertz CT molecular complexity index is 1040. The number of rotatable bonds is 6. The number of hydrogen-bond donors (Lipinski definition) is 1. The highest BCUT2D eigenvalue weighted by atomic mass is 19.1. The van der Waals surface area contributed by atoms with Gasteiger partial charge in [-0.2, -0.15) is 0 Å². The molecule has 4 rings (SSSR count). The van der Waals surface area contributed by atoms with E-state index in [1.807, 2.05) is 6.92 Å². The van der Waals surface area contributed by atoms with Gasteiger partial charge in [-0.05, 0) is 60.5 Å². The molecule has 3 aromatic carbocycles. The van der Waals surface area contributed by atoms with Crippen molar-refractivity contribution in [1.82, 2.24) is 9.80 Å². The summed E-state index contributed by atoms with van der Waals surface area (Å²) >= 11 is 0. The third kappa shape index (κ3) is 5.61. The molecule has 1 amide bonds. The van der Waals surface area contributed by atoms with Crippen molar-refractivity contribution in [2.24, 2.45) is 0 Å². The molecule has 0 spiro atoms. The van der Waals surface area contributed by atoms with Crippen LogP contribution in [0, 0.1) is 17.5 Å². The molecule has 0 saturated carbocycles. The third-order valence-corrected chi connectivity index (χ3v) is 6.10. The van der Waals surface area contributed by atoms with E-state index in [1.54, 1.807) is 36.4 Å². The lowest BCUT2D eigenvalue weighted by molar-refractivity contribution is -0.121. The normalized spacial score (nSPS) is 16.0. The fourth-order valence-electron chi connectivity index (χ4n) is 4.27. The van der Waals surface area contributed by atoms with Crippen LogP contribution < -0.4 is 5.32 Å². The number of hydrogen-bond acceptors (Lipinski definition) is 3. The highest BCUT2D eigenvalue weighted by Crippen LogP contribution is 2.30. The van der Waals surface area contributed by atoms with Gasteiger partial charge in [-0.3, -0.25) is 14.6 Å². The fourth-order valence-corrected chi connectivity index (χ4v) is 4.27. The van der Waals surface area contributed by atoms with E-state index in [0.717, 1.165) is 11.1 Å². The number of carbonyl (C=O) groups is 1. The Morgan fingerprint density at radius 2 is 1.27 bits per heavy atom. The topological polar surface area (TPSA) is 35.6 Å². The van der Waals surface area contributed by atoms with E-state index in [0.29, 0.717) is 31.9 Å². The van der Waals surface area contributed by atoms with Gasteiger partial charge in [0, 0.05) is 31.9 Å². The lowest BCUT2D eigenvalue weighted by Crippen LogP contribution is -2.53. The molecule has 1 aliphatic heterocycles. The Kier molecular flexibility index (Phi) is 7.11. The highest BCUT2D eigenvalue weighted by molar-refractivity contribution is 5.94. The highest BCUT2D eigenvalue weighted by Gasteiger charge is 2.30. The first-order valence-electron chi connectivity index (χ1n) is 11.0. The molecule has 4 nitrogen and oxygen atoms in total. The summed E-state index contributed by atoms with van der Waals surface area (Å²) in [6, 6.07) is 18.0. The summed E-state index contributed by atoms with van der Waals surface area (Å²) in [6.45, 7) is 4.49. The zero-order chi connectivity index (χ0) is 23.4. The van der Waals surface area contributed by atoms with Gasteiger partial charge in [0.05, 0.1) is 12.1 Å². The van der Waals surface area contributed by atoms with Crippen LogP contribution in [0.5, 0.6) is 0 Å². The van der Waals surface area contributed by atoms with Crippen molar-refractivity contribution in [3.8, 4) is 0 Å². The van der Waals surface area contributed by atoms with Crippen molar-refractivity contribution in [2.45, 2.75) is 19.0 Å². The Labute approximate surface area is 191 Å². The average Bonchev–Trinajstić information content (AvgIpc) is 2.82. The maximum atomic E-state index is 13.5. The van der Waals surface area contributed by atoms with E-state index < -0.39 is 5.82 Å². The minimum atomic E-state index is -0.401. The summed E-state index contributed by atoms with van der Waals surface area (Å²) in [6.07, 6.45) is 0. The Morgan fingerprint density at radius 1 is 0.758 bits per heavy atom. The van der Waals surface area contributed by atoms with Crippen LogP contribution in [0.2, 0.25) is 0 Å². The molecule has 1 fully saturated rings. The van der Waals surface area contributed by atoms with E-state index in [1.165, 1.54) is 36.4 Å². The molecule has 1 heterocycles. The van der Waals surface area contributed by atoms with E-state index in [9.17, 15) is 18.0 Å². The number of anilines is 1. The van der Waals surface area contributed by atoms with E-state index in [-0.39, 0.29) is 29.6 Å². The molecule has 7 heteroatoms. The maximum Gasteiger partial charge on any atom is 0.241 e. The summed E-state index contributed by atoms with van der Waals surface area (Å²) in [5, 5.41) is 2.77. The fraction of sp³-hybridized carbons (Fsp3) is 0.269. The quantitative estimate of drug-likeness (QED) is 0.580. The standard InChI is InChI=1S/C26H26F3N3O/c1-18(26(33)30-24-4-2-3-23(29)17-24)31-13-15-32(16-14-31)25(19-5-9-21(27)10-6-19)20-7-11-22(28)12-8-20/h2-12,17-18,25H,13-16H2,1H3,(H,30,33). The lowest BCUT2D eigenvalue weighted by Gasteiger charge is -2.41. The Morgan fingerprint density at radius 3 is 1.79 bits per heavy atom. The first-order chi connectivity index (χ1) is 15.9. The monoisotopic (exact) mass is 453 g/mol. The van der Waals surface area contributed by atoms with Crippen LogP contribution in [0.1, 0.15) is 24.1 Å². The van der Waals surface area contributed by atoms with Crippen LogP contribution in [0.3, 0.4) is 0 Å². The lowest BCUT2D eigenvalue weighted by atomic mass is 9.96.